The lowest BCUT2D eigenvalue weighted by Crippen LogP contribution is -2.30. The van der Waals surface area contributed by atoms with Crippen molar-refractivity contribution < 1.29 is 0 Å². The summed E-state index contributed by atoms with van der Waals surface area (Å²) in [6.07, 6.45) is 10.0. The van der Waals surface area contributed by atoms with E-state index in [1.807, 2.05) is 0 Å². The molecule has 1 saturated carbocycles. The summed E-state index contributed by atoms with van der Waals surface area (Å²) in [5.74, 6) is 2.91. The minimum absolute atomic E-state index is 0.612. The van der Waals surface area contributed by atoms with Gasteiger partial charge >= 0.3 is 0 Å². The van der Waals surface area contributed by atoms with E-state index in [1.165, 1.54) is 44.9 Å². The molecule has 0 amide bonds. The minimum atomic E-state index is 0.612. The molecule has 0 saturated heterocycles. The molecule has 1 aliphatic carbocycles. The molecule has 0 heterocycles. The van der Waals surface area contributed by atoms with Crippen molar-refractivity contribution in [2.24, 2.45) is 23.2 Å². The van der Waals surface area contributed by atoms with Gasteiger partial charge in [0.1, 0.15) is 0 Å². The van der Waals surface area contributed by atoms with Gasteiger partial charge in [-0.3, -0.25) is 0 Å². The molecule has 0 spiro atoms. The SMILES string of the molecule is CCC1CCC(C)(CC)C(C)CC(CC)C1. The minimum Gasteiger partial charge on any atom is -0.0651 e. The Labute approximate surface area is 103 Å². The molecule has 1 fully saturated rings. The monoisotopic (exact) mass is 224 g/mol. The summed E-state index contributed by atoms with van der Waals surface area (Å²) >= 11 is 0. The largest absolute Gasteiger partial charge is 0.0651 e. The van der Waals surface area contributed by atoms with Crippen LogP contribution in [0.2, 0.25) is 0 Å². The number of rotatable bonds is 3. The van der Waals surface area contributed by atoms with Crippen LogP contribution in [0, 0.1) is 23.2 Å². The van der Waals surface area contributed by atoms with Gasteiger partial charge in [0.05, 0.1) is 0 Å². The quantitative estimate of drug-likeness (QED) is 0.580. The first-order valence-electron chi connectivity index (χ1n) is 7.55. The third-order valence-corrected chi connectivity index (χ3v) is 5.63. The Balaban J connectivity index is 2.73. The van der Waals surface area contributed by atoms with Gasteiger partial charge in [0, 0.05) is 0 Å². The molecule has 1 rings (SSSR count). The predicted octanol–water partition coefficient (Wildman–Crippen LogP) is 5.67. The van der Waals surface area contributed by atoms with Gasteiger partial charge in [-0.05, 0) is 48.9 Å². The second kappa shape index (κ2) is 6.07. The van der Waals surface area contributed by atoms with Crippen LogP contribution in [-0.4, -0.2) is 0 Å². The molecule has 4 atom stereocenters. The van der Waals surface area contributed by atoms with Crippen molar-refractivity contribution in [3.63, 3.8) is 0 Å². The Morgan fingerprint density at radius 1 is 1.00 bits per heavy atom. The standard InChI is InChI=1S/C16H32/c1-6-14-9-10-16(5,8-3)13(4)11-15(7-2)12-14/h13-15H,6-12H2,1-5H3. The highest BCUT2D eigenvalue weighted by Gasteiger charge is 2.33. The van der Waals surface area contributed by atoms with Crippen LogP contribution < -0.4 is 0 Å². The summed E-state index contributed by atoms with van der Waals surface area (Å²) < 4.78 is 0. The molecule has 96 valence electrons. The van der Waals surface area contributed by atoms with Crippen LogP contribution in [0.25, 0.3) is 0 Å². The first kappa shape index (κ1) is 14.1. The van der Waals surface area contributed by atoms with Crippen LogP contribution in [-0.2, 0) is 0 Å². The molecule has 0 aliphatic heterocycles. The van der Waals surface area contributed by atoms with E-state index in [0.717, 1.165) is 17.8 Å². The Hall–Kier alpha value is 0. The fourth-order valence-corrected chi connectivity index (χ4v) is 3.48. The number of hydrogen-bond donors (Lipinski definition) is 0. The van der Waals surface area contributed by atoms with Crippen LogP contribution in [0.5, 0.6) is 0 Å². The van der Waals surface area contributed by atoms with E-state index in [9.17, 15) is 0 Å². The van der Waals surface area contributed by atoms with E-state index >= 15 is 0 Å². The maximum Gasteiger partial charge on any atom is -0.0303 e. The van der Waals surface area contributed by atoms with Crippen LogP contribution in [0.4, 0.5) is 0 Å². The van der Waals surface area contributed by atoms with Gasteiger partial charge in [0.2, 0.25) is 0 Å². The lowest BCUT2D eigenvalue weighted by Gasteiger charge is -2.41. The van der Waals surface area contributed by atoms with Crippen molar-refractivity contribution >= 4 is 0 Å². The van der Waals surface area contributed by atoms with Gasteiger partial charge in [-0.2, -0.15) is 0 Å². The zero-order chi connectivity index (χ0) is 12.2. The lowest BCUT2D eigenvalue weighted by atomic mass is 9.65. The van der Waals surface area contributed by atoms with E-state index in [0.29, 0.717) is 5.41 Å². The molecular weight excluding hydrogens is 192 g/mol. The highest BCUT2D eigenvalue weighted by molar-refractivity contribution is 4.84. The normalized spacial score (nSPS) is 41.4. The fraction of sp³-hybridized carbons (Fsp3) is 1.00. The van der Waals surface area contributed by atoms with Crippen molar-refractivity contribution in [2.45, 2.75) is 79.6 Å². The molecule has 0 nitrogen and oxygen atoms in total. The average Bonchev–Trinajstić information content (AvgIpc) is 2.30. The van der Waals surface area contributed by atoms with E-state index in [4.69, 9.17) is 0 Å². The Kier molecular flexibility index (Phi) is 5.34. The first-order chi connectivity index (χ1) is 7.55. The topological polar surface area (TPSA) is 0 Å². The zero-order valence-corrected chi connectivity index (χ0v) is 12.2. The van der Waals surface area contributed by atoms with E-state index < -0.39 is 0 Å². The van der Waals surface area contributed by atoms with Gasteiger partial charge in [-0.1, -0.05) is 53.9 Å². The van der Waals surface area contributed by atoms with Crippen LogP contribution in [0.15, 0.2) is 0 Å². The summed E-state index contributed by atoms with van der Waals surface area (Å²) in [6, 6.07) is 0. The average molecular weight is 224 g/mol. The maximum atomic E-state index is 2.53. The fourth-order valence-electron chi connectivity index (χ4n) is 3.48. The second-order valence-electron chi connectivity index (χ2n) is 6.47. The Bertz CT molecular complexity index is 196. The van der Waals surface area contributed by atoms with E-state index in [-0.39, 0.29) is 0 Å². The van der Waals surface area contributed by atoms with Gasteiger partial charge in [-0.15, -0.1) is 0 Å². The molecule has 0 aromatic rings. The summed E-state index contributed by atoms with van der Waals surface area (Å²) in [5, 5.41) is 0. The van der Waals surface area contributed by atoms with Crippen molar-refractivity contribution in [3.8, 4) is 0 Å². The molecule has 0 radical (unpaired) electrons. The van der Waals surface area contributed by atoms with Crippen LogP contribution in [0.1, 0.15) is 79.6 Å². The van der Waals surface area contributed by atoms with Crippen molar-refractivity contribution in [1.29, 1.82) is 0 Å². The zero-order valence-electron chi connectivity index (χ0n) is 12.2. The van der Waals surface area contributed by atoms with Gasteiger partial charge in [0.15, 0.2) is 0 Å². The van der Waals surface area contributed by atoms with Crippen LogP contribution >= 0.6 is 0 Å². The lowest BCUT2D eigenvalue weighted by molar-refractivity contribution is 0.1000. The predicted molar refractivity (Wildman–Crippen MR) is 73.6 cm³/mol. The highest BCUT2D eigenvalue weighted by Crippen LogP contribution is 2.44. The maximum absolute atomic E-state index is 2.53. The third-order valence-electron chi connectivity index (χ3n) is 5.63. The molecule has 1 aliphatic rings. The summed E-state index contributed by atoms with van der Waals surface area (Å²) in [5.41, 5.74) is 0.612. The Morgan fingerprint density at radius 2 is 1.62 bits per heavy atom. The molecule has 0 heteroatoms. The number of hydrogen-bond acceptors (Lipinski definition) is 0. The highest BCUT2D eigenvalue weighted by atomic mass is 14.4. The molecule has 4 unspecified atom stereocenters. The van der Waals surface area contributed by atoms with Crippen molar-refractivity contribution in [3.05, 3.63) is 0 Å². The smallest absolute Gasteiger partial charge is 0.0303 e. The van der Waals surface area contributed by atoms with Crippen molar-refractivity contribution in [1.82, 2.24) is 0 Å². The van der Waals surface area contributed by atoms with Gasteiger partial charge in [-0.25, -0.2) is 0 Å². The molecule has 16 heavy (non-hydrogen) atoms. The van der Waals surface area contributed by atoms with Gasteiger partial charge < -0.3 is 0 Å². The second-order valence-corrected chi connectivity index (χ2v) is 6.47. The summed E-state index contributed by atoms with van der Waals surface area (Å²) in [6.45, 7) is 12.2. The summed E-state index contributed by atoms with van der Waals surface area (Å²) in [4.78, 5) is 0. The first-order valence-corrected chi connectivity index (χ1v) is 7.55. The molecule has 0 aromatic heterocycles. The third kappa shape index (κ3) is 3.25. The van der Waals surface area contributed by atoms with E-state index in [2.05, 4.69) is 34.6 Å². The van der Waals surface area contributed by atoms with Crippen molar-refractivity contribution in [2.75, 3.05) is 0 Å². The molecule has 0 N–H and O–H groups in total. The Morgan fingerprint density at radius 3 is 2.12 bits per heavy atom. The van der Waals surface area contributed by atoms with E-state index in [1.54, 1.807) is 0 Å². The summed E-state index contributed by atoms with van der Waals surface area (Å²) in [7, 11) is 0. The molecule has 0 aromatic carbocycles. The van der Waals surface area contributed by atoms with Crippen LogP contribution in [0.3, 0.4) is 0 Å². The molecular formula is C16H32. The van der Waals surface area contributed by atoms with Gasteiger partial charge in [0.25, 0.3) is 0 Å². The molecule has 0 bridgehead atoms.